The standard InChI is InChI=1S/C14H21N3O3/c1-19-13-8-11(9-13)16-6-7-20-12-4-2-10(3-5-12)14(15)17-18/h2-5,11,13,16,18H,6-9H2,1H3,(H2,15,17). The molecule has 0 aliphatic heterocycles. The summed E-state index contributed by atoms with van der Waals surface area (Å²) in [6.07, 6.45) is 2.57. The molecular weight excluding hydrogens is 258 g/mol. The highest BCUT2D eigenvalue weighted by Gasteiger charge is 2.27. The van der Waals surface area contributed by atoms with Crippen molar-refractivity contribution in [3.05, 3.63) is 29.8 Å². The quantitative estimate of drug-likeness (QED) is 0.227. The van der Waals surface area contributed by atoms with Gasteiger partial charge in [0.15, 0.2) is 5.84 Å². The number of hydrogen-bond acceptors (Lipinski definition) is 5. The second-order valence-corrected chi connectivity index (χ2v) is 4.84. The molecule has 1 aliphatic rings. The van der Waals surface area contributed by atoms with E-state index in [0.29, 0.717) is 24.3 Å². The monoisotopic (exact) mass is 279 g/mol. The first kappa shape index (κ1) is 14.6. The molecule has 0 radical (unpaired) electrons. The average Bonchev–Trinajstić information content (AvgIpc) is 2.45. The Balaban J connectivity index is 1.64. The zero-order valence-electron chi connectivity index (χ0n) is 11.6. The maximum Gasteiger partial charge on any atom is 0.170 e. The third-order valence-electron chi connectivity index (χ3n) is 3.49. The number of ether oxygens (including phenoxy) is 2. The van der Waals surface area contributed by atoms with Gasteiger partial charge in [0, 0.05) is 25.3 Å². The van der Waals surface area contributed by atoms with Gasteiger partial charge < -0.3 is 25.7 Å². The van der Waals surface area contributed by atoms with Crippen molar-refractivity contribution in [2.75, 3.05) is 20.3 Å². The Hall–Kier alpha value is -1.79. The average molecular weight is 279 g/mol. The molecule has 1 fully saturated rings. The van der Waals surface area contributed by atoms with Crippen LogP contribution in [0.5, 0.6) is 5.75 Å². The first-order valence-electron chi connectivity index (χ1n) is 6.70. The zero-order valence-corrected chi connectivity index (χ0v) is 11.6. The minimum atomic E-state index is 0.0934. The van der Waals surface area contributed by atoms with Gasteiger partial charge in [-0.15, -0.1) is 0 Å². The topological polar surface area (TPSA) is 89.1 Å². The number of amidine groups is 1. The van der Waals surface area contributed by atoms with Gasteiger partial charge in [-0.05, 0) is 37.1 Å². The molecule has 1 aromatic rings. The first-order valence-corrected chi connectivity index (χ1v) is 6.70. The van der Waals surface area contributed by atoms with E-state index in [0.717, 1.165) is 25.1 Å². The molecule has 1 saturated carbocycles. The van der Waals surface area contributed by atoms with Gasteiger partial charge >= 0.3 is 0 Å². The Labute approximate surface area is 118 Å². The molecule has 0 unspecified atom stereocenters. The van der Waals surface area contributed by atoms with Gasteiger partial charge in [0.05, 0.1) is 6.10 Å². The molecule has 6 nitrogen and oxygen atoms in total. The van der Waals surface area contributed by atoms with Crippen LogP contribution in [0.25, 0.3) is 0 Å². The van der Waals surface area contributed by atoms with E-state index < -0.39 is 0 Å². The Morgan fingerprint density at radius 2 is 2.10 bits per heavy atom. The molecule has 6 heteroatoms. The number of nitrogens with zero attached hydrogens (tertiary/aromatic N) is 1. The van der Waals surface area contributed by atoms with Crippen LogP contribution in [0.3, 0.4) is 0 Å². The lowest BCUT2D eigenvalue weighted by Gasteiger charge is -2.34. The zero-order chi connectivity index (χ0) is 14.4. The highest BCUT2D eigenvalue weighted by atomic mass is 16.5. The van der Waals surface area contributed by atoms with Crippen molar-refractivity contribution < 1.29 is 14.7 Å². The number of benzene rings is 1. The lowest BCUT2D eigenvalue weighted by atomic mass is 9.89. The summed E-state index contributed by atoms with van der Waals surface area (Å²) in [5.74, 6) is 0.862. The van der Waals surface area contributed by atoms with E-state index in [1.54, 1.807) is 31.4 Å². The third-order valence-corrected chi connectivity index (χ3v) is 3.49. The third kappa shape index (κ3) is 3.85. The fraction of sp³-hybridized carbons (Fsp3) is 0.500. The Morgan fingerprint density at radius 1 is 1.40 bits per heavy atom. The summed E-state index contributed by atoms with van der Waals surface area (Å²) in [5, 5.41) is 14.9. The van der Waals surface area contributed by atoms with E-state index in [2.05, 4.69) is 10.5 Å². The summed E-state index contributed by atoms with van der Waals surface area (Å²) in [6, 6.07) is 7.67. The maximum absolute atomic E-state index is 8.56. The highest BCUT2D eigenvalue weighted by molar-refractivity contribution is 5.97. The van der Waals surface area contributed by atoms with Crippen molar-refractivity contribution >= 4 is 5.84 Å². The van der Waals surface area contributed by atoms with E-state index >= 15 is 0 Å². The summed E-state index contributed by atoms with van der Waals surface area (Å²) in [7, 11) is 1.75. The molecule has 1 aliphatic carbocycles. The second-order valence-electron chi connectivity index (χ2n) is 4.84. The first-order chi connectivity index (χ1) is 9.72. The lowest BCUT2D eigenvalue weighted by Crippen LogP contribution is -2.46. The van der Waals surface area contributed by atoms with Crippen LogP contribution in [0.2, 0.25) is 0 Å². The number of oxime groups is 1. The van der Waals surface area contributed by atoms with Crippen molar-refractivity contribution in [2.45, 2.75) is 25.0 Å². The van der Waals surface area contributed by atoms with E-state index in [-0.39, 0.29) is 5.84 Å². The van der Waals surface area contributed by atoms with Crippen molar-refractivity contribution in [3.8, 4) is 5.75 Å². The van der Waals surface area contributed by atoms with Gasteiger partial charge in [0.25, 0.3) is 0 Å². The van der Waals surface area contributed by atoms with Gasteiger partial charge in [-0.2, -0.15) is 0 Å². The van der Waals surface area contributed by atoms with Crippen LogP contribution in [-0.2, 0) is 4.74 Å². The van der Waals surface area contributed by atoms with Crippen LogP contribution in [0.4, 0.5) is 0 Å². The van der Waals surface area contributed by atoms with Crippen molar-refractivity contribution in [3.63, 3.8) is 0 Å². The van der Waals surface area contributed by atoms with E-state index in [4.69, 9.17) is 20.4 Å². The lowest BCUT2D eigenvalue weighted by molar-refractivity contribution is 0.0167. The summed E-state index contributed by atoms with van der Waals surface area (Å²) in [6.45, 7) is 1.42. The van der Waals surface area contributed by atoms with Crippen LogP contribution < -0.4 is 15.8 Å². The highest BCUT2D eigenvalue weighted by Crippen LogP contribution is 2.22. The molecule has 1 aromatic carbocycles. The van der Waals surface area contributed by atoms with Crippen molar-refractivity contribution in [2.24, 2.45) is 10.9 Å². The molecule has 20 heavy (non-hydrogen) atoms. The molecule has 0 aromatic heterocycles. The van der Waals surface area contributed by atoms with Crippen LogP contribution in [0.15, 0.2) is 29.4 Å². The summed E-state index contributed by atoms with van der Waals surface area (Å²) >= 11 is 0. The predicted molar refractivity (Wildman–Crippen MR) is 76.3 cm³/mol. The minimum absolute atomic E-state index is 0.0934. The number of hydrogen-bond donors (Lipinski definition) is 3. The van der Waals surface area contributed by atoms with Crippen LogP contribution >= 0.6 is 0 Å². The largest absolute Gasteiger partial charge is 0.492 e. The molecule has 0 atom stereocenters. The van der Waals surface area contributed by atoms with Gasteiger partial charge in [0.2, 0.25) is 0 Å². The van der Waals surface area contributed by atoms with Gasteiger partial charge in [-0.3, -0.25) is 0 Å². The van der Waals surface area contributed by atoms with E-state index in [1.165, 1.54) is 0 Å². The maximum atomic E-state index is 8.56. The fourth-order valence-corrected chi connectivity index (χ4v) is 2.14. The molecule has 2 rings (SSSR count). The number of methoxy groups -OCH3 is 1. The number of nitrogens with one attached hydrogen (secondary N) is 1. The van der Waals surface area contributed by atoms with Crippen LogP contribution in [-0.4, -0.2) is 43.5 Å². The fourth-order valence-electron chi connectivity index (χ4n) is 2.14. The van der Waals surface area contributed by atoms with Crippen molar-refractivity contribution in [1.29, 1.82) is 0 Å². The Bertz CT molecular complexity index is 441. The van der Waals surface area contributed by atoms with Gasteiger partial charge in [-0.25, -0.2) is 0 Å². The normalized spacial score (nSPS) is 22.4. The molecule has 0 bridgehead atoms. The van der Waals surface area contributed by atoms with Crippen molar-refractivity contribution in [1.82, 2.24) is 5.32 Å². The van der Waals surface area contributed by atoms with E-state index in [9.17, 15) is 0 Å². The summed E-state index contributed by atoms with van der Waals surface area (Å²) in [4.78, 5) is 0. The second kappa shape index (κ2) is 7.12. The number of nitrogens with two attached hydrogens (primary N) is 1. The molecular formula is C14H21N3O3. The summed E-state index contributed by atoms with van der Waals surface area (Å²) < 4.78 is 10.8. The molecule has 0 heterocycles. The van der Waals surface area contributed by atoms with Crippen LogP contribution in [0.1, 0.15) is 18.4 Å². The molecule has 0 amide bonds. The minimum Gasteiger partial charge on any atom is -0.492 e. The molecule has 110 valence electrons. The molecule has 0 saturated heterocycles. The van der Waals surface area contributed by atoms with Gasteiger partial charge in [0.1, 0.15) is 12.4 Å². The Morgan fingerprint density at radius 3 is 2.70 bits per heavy atom. The predicted octanol–water partition coefficient (Wildman–Crippen LogP) is 0.927. The molecule has 0 spiro atoms. The Kier molecular flexibility index (Phi) is 5.20. The van der Waals surface area contributed by atoms with Crippen LogP contribution in [0, 0.1) is 0 Å². The smallest absolute Gasteiger partial charge is 0.170 e. The molecule has 4 N–H and O–H groups in total. The summed E-state index contributed by atoms with van der Waals surface area (Å²) in [5.41, 5.74) is 6.15. The van der Waals surface area contributed by atoms with E-state index in [1.807, 2.05) is 0 Å². The SMILES string of the molecule is COC1CC(NCCOc2ccc(/C(N)=N/O)cc2)C1. The van der Waals surface area contributed by atoms with Gasteiger partial charge in [-0.1, -0.05) is 5.16 Å². The number of rotatable bonds is 7.